The number of hydrogen-bond acceptors (Lipinski definition) is 7. The van der Waals surface area contributed by atoms with Crippen LogP contribution in [-0.4, -0.2) is 36.4 Å². The fraction of sp³-hybridized carbons (Fsp3) is 0.250. The monoisotopic (exact) mass is 330 g/mol. The third kappa shape index (κ3) is 5.75. The lowest BCUT2D eigenvalue weighted by atomic mass is 10.3. The molecule has 2 aromatic carbocycles. The summed E-state index contributed by atoms with van der Waals surface area (Å²) in [7, 11) is 0. The maximum atomic E-state index is 10.6. The van der Waals surface area contributed by atoms with E-state index in [0.29, 0.717) is 31.1 Å². The predicted octanol–water partition coefficient (Wildman–Crippen LogP) is 3.43. The van der Waals surface area contributed by atoms with Gasteiger partial charge in [0.15, 0.2) is 0 Å². The van der Waals surface area contributed by atoms with Crippen molar-refractivity contribution in [1.29, 1.82) is 0 Å². The van der Waals surface area contributed by atoms with Gasteiger partial charge in [0.1, 0.15) is 0 Å². The number of benzene rings is 2. The highest BCUT2D eigenvalue weighted by atomic mass is 16.6. The standard InChI is InChI=1S/C16H18N4O4/c21-10-12-24-11-9-17-13-1-3-14(4-2-13)18-19-15-5-7-16(8-6-15)20(22)23/h1-8,17,21H,9-12H2. The van der Waals surface area contributed by atoms with Gasteiger partial charge in [-0.15, -0.1) is 0 Å². The molecule has 0 atom stereocenters. The second-order valence-corrected chi connectivity index (χ2v) is 4.78. The smallest absolute Gasteiger partial charge is 0.269 e. The molecule has 0 aliphatic carbocycles. The minimum atomic E-state index is -0.457. The average molecular weight is 330 g/mol. The fourth-order valence-corrected chi connectivity index (χ4v) is 1.84. The molecule has 2 aromatic rings. The zero-order valence-electron chi connectivity index (χ0n) is 13.0. The van der Waals surface area contributed by atoms with Gasteiger partial charge in [-0.1, -0.05) is 0 Å². The number of aliphatic hydroxyl groups is 1. The molecular formula is C16H18N4O4. The number of ether oxygens (including phenoxy) is 1. The van der Waals surface area contributed by atoms with E-state index >= 15 is 0 Å². The van der Waals surface area contributed by atoms with Crippen LogP contribution in [0.5, 0.6) is 0 Å². The molecule has 0 aromatic heterocycles. The number of aliphatic hydroxyl groups excluding tert-OH is 1. The lowest BCUT2D eigenvalue weighted by Crippen LogP contribution is -2.11. The Balaban J connectivity index is 1.85. The first-order valence-corrected chi connectivity index (χ1v) is 7.38. The van der Waals surface area contributed by atoms with Crippen molar-refractivity contribution in [3.8, 4) is 0 Å². The number of anilines is 1. The first-order valence-electron chi connectivity index (χ1n) is 7.38. The van der Waals surface area contributed by atoms with Crippen molar-refractivity contribution in [2.75, 3.05) is 31.7 Å². The second kappa shape index (κ2) is 9.33. The van der Waals surface area contributed by atoms with E-state index in [1.165, 1.54) is 12.1 Å². The van der Waals surface area contributed by atoms with Gasteiger partial charge in [0.25, 0.3) is 5.69 Å². The van der Waals surface area contributed by atoms with E-state index in [-0.39, 0.29) is 12.3 Å². The molecule has 0 unspecified atom stereocenters. The lowest BCUT2D eigenvalue weighted by molar-refractivity contribution is -0.384. The molecule has 0 heterocycles. The van der Waals surface area contributed by atoms with Crippen molar-refractivity contribution >= 4 is 22.7 Å². The van der Waals surface area contributed by atoms with E-state index in [1.807, 2.05) is 24.3 Å². The Bertz CT molecular complexity index is 671. The largest absolute Gasteiger partial charge is 0.394 e. The third-order valence-corrected chi connectivity index (χ3v) is 3.02. The number of non-ortho nitro benzene ring substituents is 1. The highest BCUT2D eigenvalue weighted by molar-refractivity contribution is 5.51. The Labute approximate surface area is 139 Å². The molecule has 126 valence electrons. The van der Waals surface area contributed by atoms with Crippen LogP contribution in [0, 0.1) is 10.1 Å². The van der Waals surface area contributed by atoms with Crippen LogP contribution in [0.25, 0.3) is 0 Å². The summed E-state index contributed by atoms with van der Waals surface area (Å²) in [5.41, 5.74) is 2.17. The number of rotatable bonds is 9. The summed E-state index contributed by atoms with van der Waals surface area (Å²) in [4.78, 5) is 10.1. The predicted molar refractivity (Wildman–Crippen MR) is 90.1 cm³/mol. The van der Waals surface area contributed by atoms with Crippen LogP contribution in [0.4, 0.5) is 22.7 Å². The van der Waals surface area contributed by atoms with Crippen LogP contribution < -0.4 is 5.32 Å². The second-order valence-electron chi connectivity index (χ2n) is 4.78. The molecule has 0 fully saturated rings. The van der Waals surface area contributed by atoms with Crippen LogP contribution in [0.1, 0.15) is 0 Å². The number of nitrogens with zero attached hydrogens (tertiary/aromatic N) is 3. The summed E-state index contributed by atoms with van der Waals surface area (Å²) >= 11 is 0. The number of hydrogen-bond donors (Lipinski definition) is 2. The molecule has 0 amide bonds. The molecule has 24 heavy (non-hydrogen) atoms. The third-order valence-electron chi connectivity index (χ3n) is 3.02. The van der Waals surface area contributed by atoms with Crippen molar-refractivity contribution in [3.63, 3.8) is 0 Å². The molecule has 0 saturated carbocycles. The average Bonchev–Trinajstić information content (AvgIpc) is 2.61. The van der Waals surface area contributed by atoms with Crippen LogP contribution >= 0.6 is 0 Å². The molecule has 2 rings (SSSR count). The van der Waals surface area contributed by atoms with Crippen LogP contribution in [0.3, 0.4) is 0 Å². The zero-order chi connectivity index (χ0) is 17.2. The van der Waals surface area contributed by atoms with Crippen molar-refractivity contribution in [1.82, 2.24) is 0 Å². The number of azo groups is 1. The normalized spacial score (nSPS) is 10.9. The fourth-order valence-electron chi connectivity index (χ4n) is 1.84. The molecule has 0 spiro atoms. The van der Waals surface area contributed by atoms with Crippen LogP contribution in [-0.2, 0) is 4.74 Å². The summed E-state index contributed by atoms with van der Waals surface area (Å²) in [6.07, 6.45) is 0. The van der Waals surface area contributed by atoms with Gasteiger partial charge in [0.2, 0.25) is 0 Å². The van der Waals surface area contributed by atoms with Crippen molar-refractivity contribution in [3.05, 3.63) is 58.6 Å². The molecule has 0 aliphatic rings. The van der Waals surface area contributed by atoms with E-state index in [4.69, 9.17) is 9.84 Å². The lowest BCUT2D eigenvalue weighted by Gasteiger charge is -2.06. The first-order chi connectivity index (χ1) is 11.7. The van der Waals surface area contributed by atoms with Crippen molar-refractivity contribution in [2.45, 2.75) is 0 Å². The number of nitro groups is 1. The summed E-state index contributed by atoms with van der Waals surface area (Å²) in [6, 6.07) is 13.2. The van der Waals surface area contributed by atoms with Gasteiger partial charge in [0, 0.05) is 24.4 Å². The van der Waals surface area contributed by atoms with Gasteiger partial charge in [-0.25, -0.2) is 0 Å². The summed E-state index contributed by atoms with van der Waals surface area (Å²) in [5, 5.41) is 30.5. The Morgan fingerprint density at radius 3 is 2.12 bits per heavy atom. The summed E-state index contributed by atoms with van der Waals surface area (Å²) in [6.45, 7) is 1.52. The minimum Gasteiger partial charge on any atom is -0.394 e. The van der Waals surface area contributed by atoms with E-state index in [9.17, 15) is 10.1 Å². The molecule has 0 bridgehead atoms. The Kier molecular flexibility index (Phi) is 6.81. The molecule has 8 nitrogen and oxygen atoms in total. The Morgan fingerprint density at radius 2 is 1.58 bits per heavy atom. The topological polar surface area (TPSA) is 109 Å². The van der Waals surface area contributed by atoms with Crippen LogP contribution in [0.2, 0.25) is 0 Å². The quantitative estimate of drug-likeness (QED) is 0.317. The van der Waals surface area contributed by atoms with E-state index < -0.39 is 4.92 Å². The van der Waals surface area contributed by atoms with Crippen LogP contribution in [0.15, 0.2) is 58.8 Å². The molecule has 2 N–H and O–H groups in total. The first kappa shape index (κ1) is 17.5. The van der Waals surface area contributed by atoms with Crippen molar-refractivity contribution < 1.29 is 14.8 Å². The van der Waals surface area contributed by atoms with Gasteiger partial charge in [-0.05, 0) is 36.4 Å². The van der Waals surface area contributed by atoms with Crippen molar-refractivity contribution in [2.24, 2.45) is 10.2 Å². The zero-order valence-corrected chi connectivity index (χ0v) is 13.0. The van der Waals surface area contributed by atoms with E-state index in [2.05, 4.69) is 15.5 Å². The van der Waals surface area contributed by atoms with Gasteiger partial charge in [0.05, 0.1) is 36.1 Å². The van der Waals surface area contributed by atoms with Gasteiger partial charge in [-0.2, -0.15) is 10.2 Å². The van der Waals surface area contributed by atoms with Gasteiger partial charge in [-0.3, -0.25) is 10.1 Å². The molecule has 0 saturated heterocycles. The Hall–Kier alpha value is -2.84. The highest BCUT2D eigenvalue weighted by Gasteiger charge is 2.03. The molecular weight excluding hydrogens is 312 g/mol. The molecule has 8 heteroatoms. The number of nitro benzene ring substituents is 1. The van der Waals surface area contributed by atoms with Gasteiger partial charge >= 0.3 is 0 Å². The maximum Gasteiger partial charge on any atom is 0.269 e. The SMILES string of the molecule is O=[N+]([O-])c1ccc(N=Nc2ccc(NCCOCCO)cc2)cc1. The maximum absolute atomic E-state index is 10.6. The van der Waals surface area contributed by atoms with Gasteiger partial charge < -0.3 is 15.2 Å². The summed E-state index contributed by atoms with van der Waals surface area (Å²) < 4.78 is 5.15. The minimum absolute atomic E-state index is 0.0207. The molecule has 0 radical (unpaired) electrons. The molecule has 0 aliphatic heterocycles. The summed E-state index contributed by atoms with van der Waals surface area (Å²) in [5.74, 6) is 0. The van der Waals surface area contributed by atoms with E-state index in [0.717, 1.165) is 5.69 Å². The highest BCUT2D eigenvalue weighted by Crippen LogP contribution is 2.22. The van der Waals surface area contributed by atoms with E-state index in [1.54, 1.807) is 12.1 Å². The Morgan fingerprint density at radius 1 is 1.00 bits per heavy atom. The number of nitrogens with one attached hydrogen (secondary N) is 1.